The molecule has 0 fully saturated rings. The van der Waals surface area contributed by atoms with Gasteiger partial charge >= 0.3 is 6.03 Å². The van der Waals surface area contributed by atoms with Gasteiger partial charge in [-0.1, -0.05) is 30.8 Å². The second-order valence-corrected chi connectivity index (χ2v) is 6.04. The fourth-order valence-corrected chi connectivity index (χ4v) is 2.25. The molecular formula is C15H21F2N3O2S. The maximum atomic E-state index is 12.5. The summed E-state index contributed by atoms with van der Waals surface area (Å²) >= 11 is 0.349. The summed E-state index contributed by atoms with van der Waals surface area (Å²) in [6.45, 7) is 5.35. The molecule has 2 atom stereocenters. The van der Waals surface area contributed by atoms with Crippen molar-refractivity contribution in [1.82, 2.24) is 10.6 Å². The Kier molecular flexibility index (Phi) is 7.80. The number of benzene rings is 1. The van der Waals surface area contributed by atoms with Crippen LogP contribution in [0.4, 0.5) is 19.3 Å². The van der Waals surface area contributed by atoms with Crippen molar-refractivity contribution in [3.05, 3.63) is 24.3 Å². The molecule has 23 heavy (non-hydrogen) atoms. The predicted molar refractivity (Wildman–Crippen MR) is 87.8 cm³/mol. The van der Waals surface area contributed by atoms with Gasteiger partial charge in [-0.2, -0.15) is 8.78 Å². The zero-order valence-electron chi connectivity index (χ0n) is 13.2. The fraction of sp³-hybridized carbons (Fsp3) is 0.467. The van der Waals surface area contributed by atoms with Crippen LogP contribution in [0.25, 0.3) is 0 Å². The maximum Gasteiger partial charge on any atom is 0.319 e. The molecule has 0 spiro atoms. The van der Waals surface area contributed by atoms with Crippen molar-refractivity contribution in [1.29, 1.82) is 0 Å². The number of halogens is 2. The first-order valence-electron chi connectivity index (χ1n) is 7.25. The van der Waals surface area contributed by atoms with Gasteiger partial charge in [-0.25, -0.2) is 4.79 Å². The number of nitrogens with one attached hydrogen (secondary N) is 3. The van der Waals surface area contributed by atoms with Gasteiger partial charge < -0.3 is 16.0 Å². The van der Waals surface area contributed by atoms with Crippen LogP contribution in [0.5, 0.6) is 0 Å². The fourth-order valence-electron chi connectivity index (χ4n) is 1.66. The number of anilines is 1. The molecule has 3 N–H and O–H groups in total. The quantitative estimate of drug-likeness (QED) is 0.663. The van der Waals surface area contributed by atoms with Crippen molar-refractivity contribution in [3.8, 4) is 0 Å². The van der Waals surface area contributed by atoms with Crippen molar-refractivity contribution in [3.63, 3.8) is 0 Å². The maximum absolute atomic E-state index is 12.5. The largest absolute Gasteiger partial charge is 0.352 e. The predicted octanol–water partition coefficient (Wildman–Crippen LogP) is 3.43. The van der Waals surface area contributed by atoms with Crippen LogP contribution >= 0.6 is 11.8 Å². The SMILES string of the molecule is CC[C@H](C)NC(=O)[C@H](C)NC(=O)Nc1ccccc1SC(F)F. The summed E-state index contributed by atoms with van der Waals surface area (Å²) in [4.78, 5) is 24.0. The van der Waals surface area contributed by atoms with E-state index in [1.807, 2.05) is 13.8 Å². The van der Waals surface area contributed by atoms with Gasteiger partial charge in [-0.15, -0.1) is 0 Å². The second kappa shape index (κ2) is 9.34. The highest BCUT2D eigenvalue weighted by Crippen LogP contribution is 2.31. The van der Waals surface area contributed by atoms with E-state index in [2.05, 4.69) is 16.0 Å². The summed E-state index contributed by atoms with van der Waals surface area (Å²) < 4.78 is 25.0. The summed E-state index contributed by atoms with van der Waals surface area (Å²) in [5, 5.41) is 7.72. The van der Waals surface area contributed by atoms with Crippen molar-refractivity contribution in [2.24, 2.45) is 0 Å². The Hall–Kier alpha value is -1.83. The first-order valence-corrected chi connectivity index (χ1v) is 8.13. The number of thioether (sulfide) groups is 1. The van der Waals surface area contributed by atoms with Crippen LogP contribution in [0.3, 0.4) is 0 Å². The van der Waals surface area contributed by atoms with Crippen LogP contribution in [0.15, 0.2) is 29.2 Å². The van der Waals surface area contributed by atoms with E-state index in [1.165, 1.54) is 12.1 Å². The van der Waals surface area contributed by atoms with Gasteiger partial charge in [-0.05, 0) is 32.4 Å². The third kappa shape index (κ3) is 6.85. The van der Waals surface area contributed by atoms with Gasteiger partial charge in [0.15, 0.2) is 0 Å². The summed E-state index contributed by atoms with van der Waals surface area (Å²) in [5.41, 5.74) is 0.268. The number of carbonyl (C=O) groups excluding carboxylic acids is 2. The van der Waals surface area contributed by atoms with Crippen LogP contribution < -0.4 is 16.0 Å². The number of urea groups is 1. The molecule has 1 aromatic rings. The minimum Gasteiger partial charge on any atom is -0.352 e. The number of hydrogen-bond donors (Lipinski definition) is 3. The molecule has 0 saturated carbocycles. The van der Waals surface area contributed by atoms with Crippen molar-refractivity contribution >= 4 is 29.4 Å². The van der Waals surface area contributed by atoms with Crippen molar-refractivity contribution in [2.75, 3.05) is 5.32 Å². The van der Waals surface area contributed by atoms with E-state index in [-0.39, 0.29) is 22.5 Å². The number of para-hydroxylation sites is 1. The van der Waals surface area contributed by atoms with Crippen LogP contribution in [0.1, 0.15) is 27.2 Å². The van der Waals surface area contributed by atoms with E-state index >= 15 is 0 Å². The highest BCUT2D eigenvalue weighted by molar-refractivity contribution is 7.99. The average Bonchev–Trinajstić information content (AvgIpc) is 2.48. The lowest BCUT2D eigenvalue weighted by molar-refractivity contribution is -0.123. The Morgan fingerprint density at radius 3 is 2.43 bits per heavy atom. The van der Waals surface area contributed by atoms with Gasteiger partial charge in [-0.3, -0.25) is 4.79 Å². The summed E-state index contributed by atoms with van der Waals surface area (Å²) in [7, 11) is 0. The third-order valence-corrected chi connectivity index (χ3v) is 3.88. The second-order valence-electron chi connectivity index (χ2n) is 5.01. The van der Waals surface area contributed by atoms with E-state index in [0.29, 0.717) is 11.8 Å². The normalized spacial score (nSPS) is 13.3. The topological polar surface area (TPSA) is 70.2 Å². The van der Waals surface area contributed by atoms with Crippen LogP contribution in [-0.4, -0.2) is 29.8 Å². The highest BCUT2D eigenvalue weighted by atomic mass is 32.2. The summed E-state index contributed by atoms with van der Waals surface area (Å²) in [5.74, 6) is -2.88. The van der Waals surface area contributed by atoms with Gasteiger partial charge in [0.25, 0.3) is 5.76 Å². The molecule has 0 aromatic heterocycles. The standard InChI is InChI=1S/C15H21F2N3O2S/c1-4-9(2)18-13(21)10(3)19-15(22)20-11-7-5-6-8-12(11)23-14(16)17/h5-10,14H,4H2,1-3H3,(H,18,21)(H2,19,20,22)/t9-,10-/m0/s1. The van der Waals surface area contributed by atoms with E-state index in [0.717, 1.165) is 6.42 Å². The first kappa shape index (κ1) is 19.2. The number of hydrogen-bond acceptors (Lipinski definition) is 3. The van der Waals surface area contributed by atoms with E-state index in [9.17, 15) is 18.4 Å². The Morgan fingerprint density at radius 2 is 1.83 bits per heavy atom. The molecule has 1 rings (SSSR count). The molecule has 0 heterocycles. The molecule has 0 radical (unpaired) electrons. The molecule has 0 saturated heterocycles. The zero-order chi connectivity index (χ0) is 17.4. The molecule has 3 amide bonds. The molecule has 128 valence electrons. The van der Waals surface area contributed by atoms with Gasteiger partial charge in [0, 0.05) is 10.9 Å². The Bertz CT molecular complexity index is 543. The highest BCUT2D eigenvalue weighted by Gasteiger charge is 2.18. The monoisotopic (exact) mass is 345 g/mol. The van der Waals surface area contributed by atoms with Gasteiger partial charge in [0.1, 0.15) is 6.04 Å². The number of carbonyl (C=O) groups is 2. The van der Waals surface area contributed by atoms with Crippen molar-refractivity contribution in [2.45, 2.75) is 49.9 Å². The summed E-state index contributed by atoms with van der Waals surface area (Å²) in [6, 6.07) is 4.90. The molecular weight excluding hydrogens is 324 g/mol. The molecule has 0 aliphatic carbocycles. The Labute approximate surface area is 138 Å². The van der Waals surface area contributed by atoms with E-state index in [4.69, 9.17) is 0 Å². The van der Waals surface area contributed by atoms with Crippen molar-refractivity contribution < 1.29 is 18.4 Å². The molecule has 0 bridgehead atoms. The van der Waals surface area contributed by atoms with Crippen LogP contribution in [0, 0.1) is 0 Å². The summed E-state index contributed by atoms with van der Waals surface area (Å²) in [6.07, 6.45) is 0.781. The molecule has 0 aliphatic rings. The number of amides is 3. The third-order valence-electron chi connectivity index (χ3n) is 3.09. The van der Waals surface area contributed by atoms with Crippen LogP contribution in [-0.2, 0) is 4.79 Å². The Morgan fingerprint density at radius 1 is 1.17 bits per heavy atom. The van der Waals surface area contributed by atoms with E-state index in [1.54, 1.807) is 19.1 Å². The zero-order valence-corrected chi connectivity index (χ0v) is 14.0. The smallest absolute Gasteiger partial charge is 0.319 e. The number of alkyl halides is 2. The molecule has 5 nitrogen and oxygen atoms in total. The number of rotatable bonds is 7. The lowest BCUT2D eigenvalue weighted by Crippen LogP contribution is -2.48. The first-order chi connectivity index (χ1) is 10.8. The average molecular weight is 345 g/mol. The molecule has 0 aliphatic heterocycles. The molecule has 0 unspecified atom stereocenters. The minimum absolute atomic E-state index is 0.0120. The van der Waals surface area contributed by atoms with Gasteiger partial charge in [0.05, 0.1) is 5.69 Å². The lowest BCUT2D eigenvalue weighted by Gasteiger charge is -2.18. The molecule has 8 heteroatoms. The lowest BCUT2D eigenvalue weighted by atomic mass is 10.2. The van der Waals surface area contributed by atoms with E-state index < -0.39 is 17.8 Å². The molecule has 1 aromatic carbocycles. The van der Waals surface area contributed by atoms with Gasteiger partial charge in [0.2, 0.25) is 5.91 Å². The van der Waals surface area contributed by atoms with Crippen LogP contribution in [0.2, 0.25) is 0 Å². The Balaban J connectivity index is 2.61. The minimum atomic E-state index is -2.58.